The fraction of sp³-hybridized carbons (Fsp3) is 0.308. The number of nitrogens with zero attached hydrogens (tertiary/aromatic N) is 2. The zero-order valence-electron chi connectivity index (χ0n) is 18.9. The number of hydrogen-bond donors (Lipinski definition) is 2. The highest BCUT2D eigenvalue weighted by Crippen LogP contribution is 2.41. The van der Waals surface area contributed by atoms with Gasteiger partial charge in [0.1, 0.15) is 0 Å². The molecule has 1 aromatic heterocycles. The van der Waals surface area contributed by atoms with Crippen molar-refractivity contribution < 1.29 is 23.1 Å². The topological polar surface area (TPSA) is 67.2 Å². The molecule has 2 atom stereocenters. The lowest BCUT2D eigenvalue weighted by Crippen LogP contribution is -2.45. The largest absolute Gasteiger partial charge is 0.418 e. The number of aliphatic hydroxyl groups is 1. The lowest BCUT2D eigenvalue weighted by Gasteiger charge is -2.29. The lowest BCUT2D eigenvalue weighted by molar-refractivity contribution is -0.138. The molecule has 2 aromatic carbocycles. The third kappa shape index (κ3) is 5.44. The molecule has 5 nitrogen and oxygen atoms in total. The Labute approximate surface area is 206 Å². The molecule has 0 saturated heterocycles. The van der Waals surface area contributed by atoms with E-state index in [1.54, 1.807) is 47.4 Å². The standard InChI is InChI=1S/C26H25ClF3N3O2/c1-2-19-20(25(35)32-21-6-3-4-7-22(21)34)15-17(23(24(19)27)26(28,29)30)14-16-8-10-18(11-9-16)33-13-5-12-31-33/h2,5,8-13,15,21-22,34H,1,3-4,6-7,14H2,(H,32,35)/t21-,22-/m0/s1. The fourth-order valence-corrected chi connectivity index (χ4v) is 4.89. The van der Waals surface area contributed by atoms with Crippen molar-refractivity contribution in [2.75, 3.05) is 0 Å². The highest BCUT2D eigenvalue weighted by atomic mass is 35.5. The van der Waals surface area contributed by atoms with Gasteiger partial charge in [0.15, 0.2) is 0 Å². The van der Waals surface area contributed by atoms with Crippen LogP contribution in [0.3, 0.4) is 0 Å². The number of halogens is 4. The predicted molar refractivity (Wildman–Crippen MR) is 129 cm³/mol. The van der Waals surface area contributed by atoms with Crippen molar-refractivity contribution in [3.8, 4) is 5.69 Å². The maximum Gasteiger partial charge on any atom is 0.418 e. The molecule has 9 heteroatoms. The highest BCUT2D eigenvalue weighted by molar-refractivity contribution is 6.33. The van der Waals surface area contributed by atoms with Gasteiger partial charge in [-0.25, -0.2) is 4.68 Å². The molecule has 1 heterocycles. The molecule has 4 rings (SSSR count). The molecule has 1 saturated carbocycles. The third-order valence-corrected chi connectivity index (χ3v) is 6.66. The smallest absolute Gasteiger partial charge is 0.391 e. The molecular formula is C26H25ClF3N3O2. The maximum atomic E-state index is 14.1. The van der Waals surface area contributed by atoms with Crippen molar-refractivity contribution in [2.24, 2.45) is 0 Å². The summed E-state index contributed by atoms with van der Waals surface area (Å²) >= 11 is 6.25. The van der Waals surface area contributed by atoms with Crippen LogP contribution in [0.25, 0.3) is 11.8 Å². The zero-order chi connectivity index (χ0) is 25.2. The number of carbonyl (C=O) groups is 1. The van der Waals surface area contributed by atoms with E-state index in [9.17, 15) is 23.1 Å². The van der Waals surface area contributed by atoms with E-state index in [2.05, 4.69) is 17.0 Å². The van der Waals surface area contributed by atoms with Crippen LogP contribution >= 0.6 is 11.6 Å². The van der Waals surface area contributed by atoms with Gasteiger partial charge in [-0.2, -0.15) is 18.3 Å². The minimum atomic E-state index is -4.73. The van der Waals surface area contributed by atoms with Crippen LogP contribution in [0.4, 0.5) is 13.2 Å². The number of hydrogen-bond acceptors (Lipinski definition) is 3. The molecule has 0 bridgehead atoms. The SMILES string of the molecule is C=Cc1c(C(=O)N[C@H]2CCCC[C@@H]2O)cc(Cc2ccc(-n3cccn3)cc2)c(C(F)(F)F)c1Cl. The minimum Gasteiger partial charge on any atom is -0.391 e. The number of amides is 1. The van der Waals surface area contributed by atoms with Gasteiger partial charge in [0.2, 0.25) is 0 Å². The van der Waals surface area contributed by atoms with Gasteiger partial charge in [-0.05, 0) is 54.7 Å². The fourth-order valence-electron chi connectivity index (χ4n) is 4.49. The number of nitrogens with one attached hydrogen (secondary N) is 1. The van der Waals surface area contributed by atoms with Crippen LogP contribution in [0.1, 0.15) is 58.3 Å². The number of benzene rings is 2. The van der Waals surface area contributed by atoms with Gasteiger partial charge >= 0.3 is 6.18 Å². The summed E-state index contributed by atoms with van der Waals surface area (Å²) in [4.78, 5) is 13.1. The molecular weight excluding hydrogens is 479 g/mol. The molecule has 0 spiro atoms. The molecule has 0 unspecified atom stereocenters. The second kappa shape index (κ2) is 10.3. The second-order valence-corrected chi connectivity index (χ2v) is 8.99. The van der Waals surface area contributed by atoms with Gasteiger partial charge < -0.3 is 10.4 Å². The van der Waals surface area contributed by atoms with Crippen LogP contribution in [-0.2, 0) is 12.6 Å². The molecule has 184 valence electrons. The van der Waals surface area contributed by atoms with Crippen molar-refractivity contribution in [3.05, 3.63) is 88.2 Å². The Hall–Kier alpha value is -3.10. The number of aromatic nitrogens is 2. The number of aliphatic hydroxyl groups excluding tert-OH is 1. The average molecular weight is 504 g/mol. The summed E-state index contributed by atoms with van der Waals surface area (Å²) in [6.45, 7) is 3.58. The van der Waals surface area contributed by atoms with Crippen molar-refractivity contribution in [2.45, 2.75) is 50.4 Å². The Morgan fingerprint density at radius 1 is 1.26 bits per heavy atom. The van der Waals surface area contributed by atoms with Crippen LogP contribution < -0.4 is 5.32 Å². The average Bonchev–Trinajstić information content (AvgIpc) is 3.35. The molecule has 0 aliphatic heterocycles. The van der Waals surface area contributed by atoms with Crippen LogP contribution in [0.2, 0.25) is 5.02 Å². The number of rotatable bonds is 6. The molecule has 3 aromatic rings. The predicted octanol–water partition coefficient (Wildman–Crippen LogP) is 5.81. The van der Waals surface area contributed by atoms with Crippen LogP contribution in [0.15, 0.2) is 55.4 Å². The van der Waals surface area contributed by atoms with E-state index in [0.29, 0.717) is 18.4 Å². The first-order valence-electron chi connectivity index (χ1n) is 11.3. The monoisotopic (exact) mass is 503 g/mol. The summed E-state index contributed by atoms with van der Waals surface area (Å²) in [5, 5.41) is 16.6. The van der Waals surface area contributed by atoms with E-state index in [1.807, 2.05) is 0 Å². The Kier molecular flexibility index (Phi) is 7.33. The molecule has 1 aliphatic rings. The van der Waals surface area contributed by atoms with Crippen LogP contribution in [-0.4, -0.2) is 32.9 Å². The van der Waals surface area contributed by atoms with Crippen LogP contribution in [0, 0.1) is 0 Å². The first-order chi connectivity index (χ1) is 16.7. The minimum absolute atomic E-state index is 0.000986. The summed E-state index contributed by atoms with van der Waals surface area (Å²) in [5.41, 5.74) is 0.191. The second-order valence-electron chi connectivity index (χ2n) is 8.61. The van der Waals surface area contributed by atoms with Gasteiger partial charge in [-0.15, -0.1) is 0 Å². The molecule has 2 N–H and O–H groups in total. The van der Waals surface area contributed by atoms with Gasteiger partial charge in [0, 0.05) is 23.5 Å². The summed E-state index contributed by atoms with van der Waals surface area (Å²) in [6, 6.07) is 9.48. The Balaban J connectivity index is 1.71. The quantitative estimate of drug-likeness (QED) is 0.446. The van der Waals surface area contributed by atoms with E-state index in [-0.39, 0.29) is 23.1 Å². The molecule has 1 fully saturated rings. The molecule has 35 heavy (non-hydrogen) atoms. The van der Waals surface area contributed by atoms with Crippen LogP contribution in [0.5, 0.6) is 0 Å². The van der Waals surface area contributed by atoms with E-state index in [0.717, 1.165) is 24.6 Å². The normalized spacial score (nSPS) is 18.3. The molecule has 1 amide bonds. The van der Waals surface area contributed by atoms with Crippen molar-refractivity contribution >= 4 is 23.6 Å². The Morgan fingerprint density at radius 3 is 2.57 bits per heavy atom. The van der Waals surface area contributed by atoms with Gasteiger partial charge in [0.05, 0.1) is 28.4 Å². The highest BCUT2D eigenvalue weighted by Gasteiger charge is 2.38. The van der Waals surface area contributed by atoms with Crippen molar-refractivity contribution in [1.29, 1.82) is 0 Å². The Morgan fingerprint density at radius 2 is 1.97 bits per heavy atom. The Bertz CT molecular complexity index is 1210. The van der Waals surface area contributed by atoms with E-state index >= 15 is 0 Å². The van der Waals surface area contributed by atoms with Gasteiger partial charge in [-0.3, -0.25) is 4.79 Å². The molecule has 1 aliphatic carbocycles. The first-order valence-corrected chi connectivity index (χ1v) is 11.7. The summed E-state index contributed by atoms with van der Waals surface area (Å²) in [5.74, 6) is -0.586. The number of alkyl halides is 3. The van der Waals surface area contributed by atoms with E-state index in [4.69, 9.17) is 11.6 Å². The van der Waals surface area contributed by atoms with Crippen molar-refractivity contribution in [3.63, 3.8) is 0 Å². The summed E-state index contributed by atoms with van der Waals surface area (Å²) in [7, 11) is 0. The van der Waals surface area contributed by atoms with E-state index in [1.165, 1.54) is 6.07 Å². The maximum absolute atomic E-state index is 14.1. The summed E-state index contributed by atoms with van der Waals surface area (Å²) in [6.07, 6.45) is 1.91. The lowest BCUT2D eigenvalue weighted by atomic mass is 9.90. The van der Waals surface area contributed by atoms with Gasteiger partial charge in [0.25, 0.3) is 5.91 Å². The summed E-state index contributed by atoms with van der Waals surface area (Å²) < 4.78 is 43.9. The third-order valence-electron chi connectivity index (χ3n) is 6.26. The van der Waals surface area contributed by atoms with E-state index < -0.39 is 34.8 Å². The van der Waals surface area contributed by atoms with Gasteiger partial charge in [-0.1, -0.05) is 49.2 Å². The number of carbonyl (C=O) groups excluding carboxylic acids is 1. The molecule has 0 radical (unpaired) electrons. The van der Waals surface area contributed by atoms with Crippen molar-refractivity contribution in [1.82, 2.24) is 15.1 Å². The zero-order valence-corrected chi connectivity index (χ0v) is 19.6. The first kappa shape index (κ1) is 25.0.